The summed E-state index contributed by atoms with van der Waals surface area (Å²) in [5.41, 5.74) is -1.51. The Morgan fingerprint density at radius 2 is 1.96 bits per heavy atom. The predicted molar refractivity (Wildman–Crippen MR) is 70.4 cm³/mol. The summed E-state index contributed by atoms with van der Waals surface area (Å²) < 4.78 is 79.6. The molecule has 1 N–H and O–H groups in total. The number of nitrogens with one attached hydrogen (secondary N) is 1. The van der Waals surface area contributed by atoms with Crippen LogP contribution in [0.5, 0.6) is 0 Å². The van der Waals surface area contributed by atoms with Gasteiger partial charge in [0, 0.05) is 13.1 Å². The molecule has 0 spiro atoms. The molecule has 1 amide bonds. The van der Waals surface area contributed by atoms with Crippen LogP contribution in [-0.2, 0) is 24.7 Å². The third-order valence-electron chi connectivity index (χ3n) is 2.78. The average Bonchev–Trinajstić information content (AvgIpc) is 3.03. The Bertz CT molecular complexity index is 748. The van der Waals surface area contributed by atoms with Crippen molar-refractivity contribution >= 4 is 11.6 Å². The van der Waals surface area contributed by atoms with Crippen molar-refractivity contribution in [3.05, 3.63) is 29.8 Å². The summed E-state index contributed by atoms with van der Waals surface area (Å²) in [6.45, 7) is -1.98. The van der Waals surface area contributed by atoms with E-state index in [0.29, 0.717) is 6.07 Å². The van der Waals surface area contributed by atoms with Gasteiger partial charge in [0.15, 0.2) is 5.69 Å². The Morgan fingerprint density at radius 3 is 2.52 bits per heavy atom. The summed E-state index contributed by atoms with van der Waals surface area (Å²) in [4.78, 5) is 12.0. The highest BCUT2D eigenvalue weighted by atomic mass is 19.4. The van der Waals surface area contributed by atoms with Crippen molar-refractivity contribution in [2.45, 2.75) is 19.1 Å². The summed E-state index contributed by atoms with van der Waals surface area (Å²) in [6.07, 6.45) is -6.91. The molecule has 2 aromatic rings. The lowest BCUT2D eigenvalue weighted by molar-refractivity contribution is -0.182. The van der Waals surface area contributed by atoms with Gasteiger partial charge in [-0.15, -0.1) is 0 Å². The molecule has 0 aromatic carbocycles. The van der Waals surface area contributed by atoms with Gasteiger partial charge in [-0.2, -0.15) is 36.5 Å². The third kappa shape index (κ3) is 5.20. The first-order valence-corrected chi connectivity index (χ1v) is 6.55. The summed E-state index contributed by atoms with van der Waals surface area (Å²) in [5, 5.41) is 9.12. The van der Waals surface area contributed by atoms with Crippen LogP contribution in [-0.4, -0.2) is 38.3 Å². The molecule has 2 aromatic heterocycles. The van der Waals surface area contributed by atoms with Crippen LogP contribution in [0.1, 0.15) is 16.2 Å². The molecular weight excluding hydrogens is 360 g/mol. The summed E-state index contributed by atoms with van der Waals surface area (Å²) in [7, 11) is 1.17. The highest BCUT2D eigenvalue weighted by Gasteiger charge is 2.35. The van der Waals surface area contributed by atoms with Gasteiger partial charge in [0.25, 0.3) is 5.91 Å². The van der Waals surface area contributed by atoms with E-state index in [1.54, 1.807) is 0 Å². The molecule has 0 aliphatic rings. The van der Waals surface area contributed by atoms with Crippen LogP contribution in [0.3, 0.4) is 0 Å². The monoisotopic (exact) mass is 371 g/mol. The van der Waals surface area contributed by atoms with Gasteiger partial charge < -0.3 is 10.1 Å². The second kappa shape index (κ2) is 6.74. The Balaban J connectivity index is 1.99. The van der Waals surface area contributed by atoms with E-state index in [4.69, 9.17) is 0 Å². The van der Waals surface area contributed by atoms with Crippen LogP contribution in [0.15, 0.2) is 18.5 Å². The molecule has 7 nitrogen and oxygen atoms in total. The lowest BCUT2D eigenvalue weighted by Crippen LogP contribution is -2.18. The lowest BCUT2D eigenvalue weighted by atomic mass is 10.3. The number of hydrogen-bond acceptors (Lipinski definition) is 4. The van der Waals surface area contributed by atoms with Crippen molar-refractivity contribution in [2.24, 2.45) is 7.05 Å². The van der Waals surface area contributed by atoms with Crippen molar-refractivity contribution in [3.63, 3.8) is 0 Å². The Hall–Kier alpha value is -2.57. The summed E-state index contributed by atoms with van der Waals surface area (Å²) in [6, 6.07) is 0.576. The minimum Gasteiger partial charge on any atom is -0.350 e. The standard InChI is InChI=1S/C12H11F6N5O2/c1-22-8(2-9(21-22)12(16,17)18)10(24)20-7-3-19-23(4-7)6-25-5-11(13,14)15/h2-4H,5-6H2,1H3,(H,20,24). The number of halogens is 6. The van der Waals surface area contributed by atoms with E-state index in [-0.39, 0.29) is 11.4 Å². The molecule has 0 radical (unpaired) electrons. The number of rotatable bonds is 5. The molecule has 2 rings (SSSR count). The molecule has 0 atom stereocenters. The molecule has 13 heteroatoms. The maximum atomic E-state index is 12.6. The van der Waals surface area contributed by atoms with E-state index in [1.807, 2.05) is 0 Å². The van der Waals surface area contributed by atoms with Crippen LogP contribution in [0.25, 0.3) is 0 Å². The largest absolute Gasteiger partial charge is 0.435 e. The van der Waals surface area contributed by atoms with E-state index in [1.165, 1.54) is 7.05 Å². The average molecular weight is 371 g/mol. The van der Waals surface area contributed by atoms with Gasteiger partial charge >= 0.3 is 12.4 Å². The summed E-state index contributed by atoms with van der Waals surface area (Å²) >= 11 is 0. The zero-order valence-corrected chi connectivity index (χ0v) is 12.5. The quantitative estimate of drug-likeness (QED) is 0.820. The number of anilines is 1. The van der Waals surface area contributed by atoms with E-state index in [0.717, 1.165) is 21.8 Å². The number of carbonyl (C=O) groups excluding carboxylic acids is 1. The summed E-state index contributed by atoms with van der Waals surface area (Å²) in [5.74, 6) is -0.888. The topological polar surface area (TPSA) is 74.0 Å². The predicted octanol–water partition coefficient (Wildman–Crippen LogP) is 2.42. The first kappa shape index (κ1) is 18.8. The number of aromatic nitrogens is 4. The molecule has 0 saturated carbocycles. The van der Waals surface area contributed by atoms with E-state index in [2.05, 4.69) is 20.3 Å². The number of alkyl halides is 6. The van der Waals surface area contributed by atoms with Crippen molar-refractivity contribution in [3.8, 4) is 0 Å². The number of nitrogens with zero attached hydrogens (tertiary/aromatic N) is 4. The number of aryl methyl sites for hydroxylation is 1. The number of ether oxygens (including phenoxy) is 1. The second-order valence-corrected chi connectivity index (χ2v) is 4.85. The van der Waals surface area contributed by atoms with Crippen molar-refractivity contribution in [1.82, 2.24) is 19.6 Å². The molecule has 0 aliphatic heterocycles. The van der Waals surface area contributed by atoms with Crippen LogP contribution in [0.4, 0.5) is 32.0 Å². The molecular formula is C12H11F6N5O2. The maximum Gasteiger partial charge on any atom is 0.435 e. The number of amides is 1. The number of hydrogen-bond donors (Lipinski definition) is 1. The lowest BCUT2D eigenvalue weighted by Gasteiger charge is -2.07. The van der Waals surface area contributed by atoms with Gasteiger partial charge in [0.05, 0.1) is 18.1 Å². The normalized spacial score (nSPS) is 12.4. The third-order valence-corrected chi connectivity index (χ3v) is 2.78. The SMILES string of the molecule is Cn1nc(C(F)(F)F)cc1C(=O)Nc1cnn(COCC(F)(F)F)c1. The van der Waals surface area contributed by atoms with Crippen LogP contribution >= 0.6 is 0 Å². The fourth-order valence-electron chi connectivity index (χ4n) is 1.77. The van der Waals surface area contributed by atoms with Gasteiger partial charge in [0.2, 0.25) is 0 Å². The first-order chi connectivity index (χ1) is 11.5. The first-order valence-electron chi connectivity index (χ1n) is 6.55. The van der Waals surface area contributed by atoms with E-state index < -0.39 is 37.3 Å². The fourth-order valence-corrected chi connectivity index (χ4v) is 1.77. The fraction of sp³-hybridized carbons (Fsp3) is 0.417. The Labute approximate surface area is 136 Å². The minimum atomic E-state index is -4.70. The smallest absolute Gasteiger partial charge is 0.350 e. The van der Waals surface area contributed by atoms with Crippen molar-refractivity contribution in [2.75, 3.05) is 11.9 Å². The van der Waals surface area contributed by atoms with Crippen molar-refractivity contribution < 1.29 is 35.9 Å². The zero-order valence-electron chi connectivity index (χ0n) is 12.5. The molecule has 0 saturated heterocycles. The van der Waals surface area contributed by atoms with E-state index >= 15 is 0 Å². The maximum absolute atomic E-state index is 12.6. The van der Waals surface area contributed by atoms with Crippen LogP contribution in [0.2, 0.25) is 0 Å². The molecule has 138 valence electrons. The molecule has 0 bridgehead atoms. The van der Waals surface area contributed by atoms with Crippen LogP contribution in [0, 0.1) is 0 Å². The highest BCUT2D eigenvalue weighted by Crippen LogP contribution is 2.28. The van der Waals surface area contributed by atoms with Gasteiger partial charge in [-0.25, -0.2) is 4.68 Å². The van der Waals surface area contributed by atoms with Crippen LogP contribution < -0.4 is 5.32 Å². The van der Waals surface area contributed by atoms with Gasteiger partial charge in [0.1, 0.15) is 19.0 Å². The Morgan fingerprint density at radius 1 is 1.28 bits per heavy atom. The Kier molecular flexibility index (Phi) is 5.06. The van der Waals surface area contributed by atoms with Gasteiger partial charge in [-0.1, -0.05) is 0 Å². The minimum absolute atomic E-state index is 0.0652. The van der Waals surface area contributed by atoms with Crippen molar-refractivity contribution in [1.29, 1.82) is 0 Å². The molecule has 0 fully saturated rings. The molecule has 2 heterocycles. The highest BCUT2D eigenvalue weighted by molar-refractivity contribution is 6.03. The zero-order chi connectivity index (χ0) is 18.8. The molecule has 0 unspecified atom stereocenters. The van der Waals surface area contributed by atoms with Gasteiger partial charge in [-0.3, -0.25) is 9.48 Å². The number of carbonyl (C=O) groups is 1. The van der Waals surface area contributed by atoms with Gasteiger partial charge in [-0.05, 0) is 0 Å². The second-order valence-electron chi connectivity index (χ2n) is 4.85. The van der Waals surface area contributed by atoms with E-state index in [9.17, 15) is 31.1 Å². The molecule has 0 aliphatic carbocycles. The molecule has 25 heavy (non-hydrogen) atoms.